The van der Waals surface area contributed by atoms with E-state index in [0.29, 0.717) is 6.42 Å². The zero-order valence-electron chi connectivity index (χ0n) is 20.6. The Morgan fingerprint density at radius 1 is 0.970 bits per heavy atom. The van der Waals surface area contributed by atoms with Gasteiger partial charge in [0.15, 0.2) is 0 Å². The average molecular weight is 453 g/mol. The van der Waals surface area contributed by atoms with Crippen LogP contribution in [0, 0.1) is 16.6 Å². The number of rotatable bonds is 8. The Kier molecular flexibility index (Phi) is 7.66. The Morgan fingerprint density at radius 2 is 1.48 bits per heavy atom. The highest BCUT2D eigenvalue weighted by Crippen LogP contribution is 2.50. The first-order chi connectivity index (χ1) is 15.5. The Labute approximate surface area is 197 Å². The summed E-state index contributed by atoms with van der Waals surface area (Å²) in [5.74, 6) is -0.298. The quantitative estimate of drug-likeness (QED) is 0.443. The molecule has 0 bridgehead atoms. The van der Waals surface area contributed by atoms with Crippen molar-refractivity contribution in [2.45, 2.75) is 79.2 Å². The summed E-state index contributed by atoms with van der Waals surface area (Å²) in [4.78, 5) is 10.9. The molecule has 178 valence electrons. The molecule has 4 heteroatoms. The van der Waals surface area contributed by atoms with E-state index in [0.717, 1.165) is 36.1 Å². The van der Waals surface area contributed by atoms with E-state index in [-0.39, 0.29) is 29.2 Å². The van der Waals surface area contributed by atoms with Gasteiger partial charge in [0.05, 0.1) is 6.10 Å². The van der Waals surface area contributed by atoms with E-state index in [1.807, 2.05) is 31.2 Å². The van der Waals surface area contributed by atoms with Crippen molar-refractivity contribution in [2.75, 3.05) is 0 Å². The second-order valence-corrected chi connectivity index (χ2v) is 10.9. The van der Waals surface area contributed by atoms with Gasteiger partial charge >= 0.3 is 5.97 Å². The molecule has 1 fully saturated rings. The van der Waals surface area contributed by atoms with Crippen LogP contribution in [0.25, 0.3) is 5.57 Å². The summed E-state index contributed by atoms with van der Waals surface area (Å²) in [6.45, 7) is 11.3. The molecule has 2 aromatic rings. The lowest BCUT2D eigenvalue weighted by Gasteiger charge is -2.43. The lowest BCUT2D eigenvalue weighted by molar-refractivity contribution is -0.137. The van der Waals surface area contributed by atoms with E-state index >= 15 is 0 Å². The molecule has 1 N–H and O–H groups in total. The van der Waals surface area contributed by atoms with Gasteiger partial charge in [0.25, 0.3) is 0 Å². The molecule has 0 spiro atoms. The van der Waals surface area contributed by atoms with Crippen LogP contribution in [-0.2, 0) is 4.79 Å². The lowest BCUT2D eigenvalue weighted by Crippen LogP contribution is -2.30. The molecule has 1 aliphatic rings. The molecule has 0 saturated heterocycles. The molecule has 3 nitrogen and oxygen atoms in total. The summed E-state index contributed by atoms with van der Waals surface area (Å²) >= 11 is 0. The predicted octanol–water partition coefficient (Wildman–Crippen LogP) is 7.89. The van der Waals surface area contributed by atoms with Crippen molar-refractivity contribution >= 4 is 11.5 Å². The Bertz CT molecular complexity index is 967. The first-order valence-corrected chi connectivity index (χ1v) is 11.9. The highest BCUT2D eigenvalue weighted by atomic mass is 19.1. The molecule has 33 heavy (non-hydrogen) atoms. The molecule has 3 rings (SSSR count). The Hall–Kier alpha value is -2.62. The molecule has 1 aliphatic carbocycles. The van der Waals surface area contributed by atoms with Crippen LogP contribution in [0.4, 0.5) is 4.39 Å². The van der Waals surface area contributed by atoms with Crippen LogP contribution >= 0.6 is 0 Å². The number of ether oxygens (including phenoxy) is 1. The number of carbonyl (C=O) groups is 1. The van der Waals surface area contributed by atoms with Crippen molar-refractivity contribution in [1.82, 2.24) is 0 Å². The standard InChI is InChI=1S/C29H37FO3/c1-6-24(15-16-26(31)32)33-25-13-9-21(10-14-25)27(20-7-11-23(30)12-8-20)22-17-28(2,3)19-29(4,5)18-22/h7-14,24H,6,15-19H2,1-5H3,(H,31,32). The third-order valence-corrected chi connectivity index (χ3v) is 6.41. The van der Waals surface area contributed by atoms with Gasteiger partial charge in [0, 0.05) is 6.42 Å². The monoisotopic (exact) mass is 452 g/mol. The summed E-state index contributed by atoms with van der Waals surface area (Å²) in [7, 11) is 0. The number of carboxylic acid groups (broad SMARTS) is 1. The maximum atomic E-state index is 13.7. The number of halogens is 1. The summed E-state index contributed by atoms with van der Waals surface area (Å²) in [6.07, 6.45) is 4.40. The zero-order valence-corrected chi connectivity index (χ0v) is 20.6. The van der Waals surface area contributed by atoms with Gasteiger partial charge < -0.3 is 9.84 Å². The molecule has 0 aromatic heterocycles. The molecule has 2 aromatic carbocycles. The second-order valence-electron chi connectivity index (χ2n) is 10.9. The maximum absolute atomic E-state index is 13.7. The van der Waals surface area contributed by atoms with Crippen molar-refractivity contribution in [2.24, 2.45) is 10.8 Å². The molecule has 0 heterocycles. The van der Waals surface area contributed by atoms with Gasteiger partial charge in [0.2, 0.25) is 0 Å². The molecule has 1 unspecified atom stereocenters. The lowest BCUT2D eigenvalue weighted by atomic mass is 9.62. The van der Waals surface area contributed by atoms with Crippen molar-refractivity contribution in [1.29, 1.82) is 0 Å². The average Bonchev–Trinajstić information content (AvgIpc) is 2.71. The van der Waals surface area contributed by atoms with E-state index in [2.05, 4.69) is 39.8 Å². The summed E-state index contributed by atoms with van der Waals surface area (Å²) < 4.78 is 19.7. The largest absolute Gasteiger partial charge is 0.490 e. The molecular formula is C29H37FO3. The van der Waals surface area contributed by atoms with Crippen LogP contribution in [0.3, 0.4) is 0 Å². The van der Waals surface area contributed by atoms with Crippen LogP contribution in [0.2, 0.25) is 0 Å². The third kappa shape index (κ3) is 6.93. The van der Waals surface area contributed by atoms with Crippen LogP contribution in [0.5, 0.6) is 5.75 Å². The number of allylic oxidation sites excluding steroid dienone is 1. The minimum Gasteiger partial charge on any atom is -0.490 e. The fourth-order valence-electron chi connectivity index (χ4n) is 5.53. The minimum atomic E-state index is -0.804. The molecular weight excluding hydrogens is 415 g/mol. The smallest absolute Gasteiger partial charge is 0.303 e. The SMILES string of the molecule is CCC(CCC(=O)O)Oc1ccc(C(=C2CC(C)(C)CC(C)(C)C2)c2ccc(F)cc2)cc1. The first kappa shape index (κ1) is 25.0. The van der Waals surface area contributed by atoms with E-state index < -0.39 is 5.97 Å². The highest BCUT2D eigenvalue weighted by Gasteiger charge is 2.37. The maximum Gasteiger partial charge on any atom is 0.303 e. The number of hydrogen-bond donors (Lipinski definition) is 1. The zero-order chi connectivity index (χ0) is 24.2. The van der Waals surface area contributed by atoms with Gasteiger partial charge in [0.1, 0.15) is 11.6 Å². The van der Waals surface area contributed by atoms with E-state index in [1.165, 1.54) is 29.7 Å². The molecule has 1 saturated carbocycles. The fourth-order valence-corrected chi connectivity index (χ4v) is 5.53. The summed E-state index contributed by atoms with van der Waals surface area (Å²) in [5, 5.41) is 8.96. The number of aliphatic carboxylic acids is 1. The number of carboxylic acids is 1. The third-order valence-electron chi connectivity index (χ3n) is 6.41. The Balaban J connectivity index is 1.96. The van der Waals surface area contributed by atoms with E-state index in [4.69, 9.17) is 9.84 Å². The van der Waals surface area contributed by atoms with Crippen LogP contribution in [0.15, 0.2) is 54.1 Å². The fraction of sp³-hybridized carbons (Fsp3) is 0.483. The van der Waals surface area contributed by atoms with Crippen molar-refractivity contribution < 1.29 is 19.0 Å². The van der Waals surface area contributed by atoms with Gasteiger partial charge in [-0.2, -0.15) is 0 Å². The van der Waals surface area contributed by atoms with Crippen LogP contribution in [-0.4, -0.2) is 17.2 Å². The van der Waals surface area contributed by atoms with Gasteiger partial charge in [-0.1, -0.05) is 64.5 Å². The van der Waals surface area contributed by atoms with Gasteiger partial charge in [-0.3, -0.25) is 4.79 Å². The van der Waals surface area contributed by atoms with Crippen LogP contribution in [0.1, 0.15) is 84.3 Å². The molecule has 1 atom stereocenters. The molecule has 0 amide bonds. The van der Waals surface area contributed by atoms with Gasteiger partial charge in [-0.25, -0.2) is 4.39 Å². The van der Waals surface area contributed by atoms with Gasteiger partial charge in [-0.05, 0) is 83.9 Å². The summed E-state index contributed by atoms with van der Waals surface area (Å²) in [6, 6.07) is 14.9. The van der Waals surface area contributed by atoms with E-state index in [9.17, 15) is 9.18 Å². The van der Waals surface area contributed by atoms with Crippen molar-refractivity contribution in [3.8, 4) is 5.75 Å². The topological polar surface area (TPSA) is 46.5 Å². The van der Waals surface area contributed by atoms with Crippen molar-refractivity contribution in [3.63, 3.8) is 0 Å². The van der Waals surface area contributed by atoms with E-state index in [1.54, 1.807) is 0 Å². The van der Waals surface area contributed by atoms with Gasteiger partial charge in [-0.15, -0.1) is 0 Å². The van der Waals surface area contributed by atoms with Crippen molar-refractivity contribution in [3.05, 3.63) is 71.0 Å². The second kappa shape index (κ2) is 10.1. The predicted molar refractivity (Wildman–Crippen MR) is 132 cm³/mol. The highest BCUT2D eigenvalue weighted by molar-refractivity contribution is 5.82. The molecule has 0 aliphatic heterocycles. The number of benzene rings is 2. The van der Waals surface area contributed by atoms with Crippen LogP contribution < -0.4 is 4.74 Å². The Morgan fingerprint density at radius 3 is 1.97 bits per heavy atom. The summed E-state index contributed by atoms with van der Waals surface area (Å²) in [5.41, 5.74) is 5.11. The normalized spacial score (nSPS) is 17.9. The minimum absolute atomic E-state index is 0.100. The first-order valence-electron chi connectivity index (χ1n) is 11.9. The molecule has 0 radical (unpaired) electrons. The number of hydrogen-bond acceptors (Lipinski definition) is 2.